The molecule has 4 nitrogen and oxygen atoms in total. The highest BCUT2D eigenvalue weighted by molar-refractivity contribution is 8.00. The van der Waals surface area contributed by atoms with Crippen LogP contribution in [0.4, 0.5) is 5.69 Å². The Morgan fingerprint density at radius 1 is 1.53 bits per heavy atom. The van der Waals surface area contributed by atoms with Gasteiger partial charge in [-0.25, -0.2) is 0 Å². The van der Waals surface area contributed by atoms with E-state index >= 15 is 0 Å². The van der Waals surface area contributed by atoms with Crippen LogP contribution in [0, 0.1) is 6.92 Å². The van der Waals surface area contributed by atoms with E-state index in [1.54, 1.807) is 7.11 Å². The van der Waals surface area contributed by atoms with Gasteiger partial charge in [-0.3, -0.25) is 4.79 Å². The maximum atomic E-state index is 11.4. The molecule has 3 N–H and O–H groups in total. The number of carbonyl (C=O) groups is 1. The second kappa shape index (κ2) is 7.19. The molecule has 0 fully saturated rings. The van der Waals surface area contributed by atoms with Gasteiger partial charge in [-0.05, 0) is 24.6 Å². The summed E-state index contributed by atoms with van der Waals surface area (Å²) in [5.41, 5.74) is 7.70. The zero-order valence-electron chi connectivity index (χ0n) is 10.2. The molecule has 0 aliphatic rings. The van der Waals surface area contributed by atoms with Gasteiger partial charge in [-0.15, -0.1) is 11.8 Å². The molecule has 0 saturated carbocycles. The molecule has 0 atom stereocenters. The number of aryl methyl sites for hydroxylation is 1. The second-order valence-corrected chi connectivity index (χ2v) is 4.69. The van der Waals surface area contributed by atoms with E-state index in [0.717, 1.165) is 16.1 Å². The van der Waals surface area contributed by atoms with Crippen molar-refractivity contribution in [1.29, 1.82) is 0 Å². The van der Waals surface area contributed by atoms with Crippen molar-refractivity contribution in [2.75, 3.05) is 31.7 Å². The first-order valence-corrected chi connectivity index (χ1v) is 6.36. The second-order valence-electron chi connectivity index (χ2n) is 3.67. The molecule has 0 radical (unpaired) electrons. The fourth-order valence-electron chi connectivity index (χ4n) is 1.29. The number of rotatable bonds is 6. The minimum Gasteiger partial charge on any atom is -0.398 e. The highest BCUT2D eigenvalue weighted by Crippen LogP contribution is 2.25. The number of carbonyl (C=O) groups excluding carboxylic acids is 1. The maximum absolute atomic E-state index is 11.4. The summed E-state index contributed by atoms with van der Waals surface area (Å²) in [6.45, 7) is 3.06. The summed E-state index contributed by atoms with van der Waals surface area (Å²) < 4.78 is 4.85. The van der Waals surface area contributed by atoms with Gasteiger partial charge in [-0.2, -0.15) is 0 Å². The van der Waals surface area contributed by atoms with E-state index in [9.17, 15) is 4.79 Å². The predicted octanol–water partition coefficient (Wildman–Crippen LogP) is 1.43. The average molecular weight is 254 g/mol. The molecular formula is C12H18N2O2S. The van der Waals surface area contributed by atoms with E-state index in [2.05, 4.69) is 5.32 Å². The third-order valence-corrected chi connectivity index (χ3v) is 3.24. The molecule has 1 amide bonds. The first-order chi connectivity index (χ1) is 8.13. The van der Waals surface area contributed by atoms with Crippen LogP contribution < -0.4 is 11.1 Å². The minimum atomic E-state index is -0.00738. The first kappa shape index (κ1) is 13.9. The van der Waals surface area contributed by atoms with Crippen molar-refractivity contribution < 1.29 is 9.53 Å². The van der Waals surface area contributed by atoms with E-state index < -0.39 is 0 Å². The molecule has 5 heteroatoms. The number of hydrogen-bond acceptors (Lipinski definition) is 4. The summed E-state index contributed by atoms with van der Waals surface area (Å²) in [5.74, 6) is 0.365. The van der Waals surface area contributed by atoms with Gasteiger partial charge in [0, 0.05) is 24.2 Å². The topological polar surface area (TPSA) is 64.3 Å². The number of nitrogens with two attached hydrogens (primary N) is 1. The number of amides is 1. The fourth-order valence-corrected chi connectivity index (χ4v) is 2.06. The van der Waals surface area contributed by atoms with Crippen molar-refractivity contribution in [2.24, 2.45) is 0 Å². The van der Waals surface area contributed by atoms with Crippen molar-refractivity contribution in [2.45, 2.75) is 11.8 Å². The lowest BCUT2D eigenvalue weighted by molar-refractivity contribution is -0.118. The molecular weight excluding hydrogens is 236 g/mol. The number of nitrogen functional groups attached to an aromatic ring is 1. The van der Waals surface area contributed by atoms with Gasteiger partial charge < -0.3 is 15.8 Å². The van der Waals surface area contributed by atoms with Crippen LogP contribution in [0.3, 0.4) is 0 Å². The molecule has 0 spiro atoms. The van der Waals surface area contributed by atoms with Gasteiger partial charge in [0.2, 0.25) is 5.91 Å². The number of hydrogen-bond donors (Lipinski definition) is 2. The number of thioether (sulfide) groups is 1. The van der Waals surface area contributed by atoms with Crippen LogP contribution in [0.5, 0.6) is 0 Å². The zero-order valence-corrected chi connectivity index (χ0v) is 11.0. The quantitative estimate of drug-likeness (QED) is 0.458. The van der Waals surface area contributed by atoms with E-state index in [1.165, 1.54) is 11.8 Å². The SMILES string of the molecule is COCCNC(=O)CSc1ccc(C)cc1N. The standard InChI is InChI=1S/C12H18N2O2S/c1-9-3-4-11(10(13)7-9)17-8-12(15)14-5-6-16-2/h3-4,7H,5-6,8,13H2,1-2H3,(H,14,15). The van der Waals surface area contributed by atoms with Crippen molar-refractivity contribution in [3.05, 3.63) is 23.8 Å². The Bertz CT molecular complexity index is 383. The first-order valence-electron chi connectivity index (χ1n) is 5.38. The third-order valence-electron chi connectivity index (χ3n) is 2.15. The molecule has 1 rings (SSSR count). The summed E-state index contributed by atoms with van der Waals surface area (Å²) in [4.78, 5) is 12.4. The smallest absolute Gasteiger partial charge is 0.230 e. The molecule has 0 bridgehead atoms. The molecule has 0 unspecified atom stereocenters. The van der Waals surface area contributed by atoms with E-state index in [4.69, 9.17) is 10.5 Å². The van der Waals surface area contributed by atoms with Crippen LogP contribution in [0.2, 0.25) is 0 Å². The minimum absolute atomic E-state index is 0.00738. The summed E-state index contributed by atoms with van der Waals surface area (Å²) in [5, 5.41) is 2.76. The number of nitrogens with one attached hydrogen (secondary N) is 1. The summed E-state index contributed by atoms with van der Waals surface area (Å²) in [7, 11) is 1.61. The highest BCUT2D eigenvalue weighted by Gasteiger charge is 2.04. The van der Waals surface area contributed by atoms with Gasteiger partial charge in [0.05, 0.1) is 12.4 Å². The van der Waals surface area contributed by atoms with Crippen LogP contribution in [0.25, 0.3) is 0 Å². The van der Waals surface area contributed by atoms with Crippen LogP contribution in [0.15, 0.2) is 23.1 Å². The molecule has 0 saturated heterocycles. The Kier molecular flexibility index (Phi) is 5.86. The van der Waals surface area contributed by atoms with Crippen LogP contribution in [-0.2, 0) is 9.53 Å². The van der Waals surface area contributed by atoms with Crippen LogP contribution in [-0.4, -0.2) is 31.9 Å². The largest absolute Gasteiger partial charge is 0.398 e. The molecule has 1 aromatic carbocycles. The fraction of sp³-hybridized carbons (Fsp3) is 0.417. The Balaban J connectivity index is 2.37. The van der Waals surface area contributed by atoms with Crippen LogP contribution in [0.1, 0.15) is 5.56 Å². The Morgan fingerprint density at radius 2 is 2.29 bits per heavy atom. The number of anilines is 1. The molecule has 94 valence electrons. The van der Waals surface area contributed by atoms with Crippen LogP contribution >= 0.6 is 11.8 Å². The van der Waals surface area contributed by atoms with Gasteiger partial charge in [0.25, 0.3) is 0 Å². The molecule has 1 aromatic rings. The number of methoxy groups -OCH3 is 1. The number of benzene rings is 1. The van der Waals surface area contributed by atoms with Gasteiger partial charge >= 0.3 is 0 Å². The molecule has 0 aliphatic heterocycles. The lowest BCUT2D eigenvalue weighted by Crippen LogP contribution is -2.28. The maximum Gasteiger partial charge on any atom is 0.230 e. The molecule has 0 aromatic heterocycles. The van der Waals surface area contributed by atoms with E-state index in [-0.39, 0.29) is 5.91 Å². The molecule has 0 heterocycles. The summed E-state index contributed by atoms with van der Waals surface area (Å²) in [6.07, 6.45) is 0. The van der Waals surface area contributed by atoms with E-state index in [0.29, 0.717) is 18.9 Å². The van der Waals surface area contributed by atoms with Gasteiger partial charge in [0.15, 0.2) is 0 Å². The summed E-state index contributed by atoms with van der Waals surface area (Å²) >= 11 is 1.44. The highest BCUT2D eigenvalue weighted by atomic mass is 32.2. The van der Waals surface area contributed by atoms with Gasteiger partial charge in [-0.1, -0.05) is 6.07 Å². The normalized spacial score (nSPS) is 10.2. The molecule has 0 aliphatic carbocycles. The predicted molar refractivity (Wildman–Crippen MR) is 71.2 cm³/mol. The van der Waals surface area contributed by atoms with Crippen molar-refractivity contribution >= 4 is 23.4 Å². The lowest BCUT2D eigenvalue weighted by Gasteiger charge is -2.07. The van der Waals surface area contributed by atoms with Gasteiger partial charge in [0.1, 0.15) is 0 Å². The Labute approximate surface area is 106 Å². The zero-order chi connectivity index (χ0) is 12.7. The third kappa shape index (κ3) is 5.10. The van der Waals surface area contributed by atoms with Crippen molar-refractivity contribution in [1.82, 2.24) is 5.32 Å². The van der Waals surface area contributed by atoms with Crippen molar-refractivity contribution in [3.63, 3.8) is 0 Å². The van der Waals surface area contributed by atoms with E-state index in [1.807, 2.05) is 25.1 Å². The summed E-state index contributed by atoms with van der Waals surface area (Å²) in [6, 6.07) is 5.84. The van der Waals surface area contributed by atoms with Crippen molar-refractivity contribution in [3.8, 4) is 0 Å². The number of ether oxygens (including phenoxy) is 1. The Hall–Kier alpha value is -1.20. The average Bonchev–Trinajstić information content (AvgIpc) is 2.28. The lowest BCUT2D eigenvalue weighted by atomic mass is 10.2. The molecule has 17 heavy (non-hydrogen) atoms. The monoisotopic (exact) mass is 254 g/mol. The Morgan fingerprint density at radius 3 is 2.94 bits per heavy atom.